The van der Waals surface area contributed by atoms with Gasteiger partial charge in [0.2, 0.25) is 5.91 Å². The van der Waals surface area contributed by atoms with Crippen LogP contribution in [0.15, 0.2) is 54.6 Å². The van der Waals surface area contributed by atoms with E-state index >= 15 is 0 Å². The highest BCUT2D eigenvalue weighted by Gasteiger charge is 2.57. The summed E-state index contributed by atoms with van der Waals surface area (Å²) in [5.41, 5.74) is 2.97. The highest BCUT2D eigenvalue weighted by molar-refractivity contribution is 5.83. The van der Waals surface area contributed by atoms with Crippen molar-refractivity contribution < 1.29 is 4.79 Å². The monoisotopic (exact) mass is 391 g/mol. The van der Waals surface area contributed by atoms with Crippen molar-refractivity contribution in [3.63, 3.8) is 0 Å². The van der Waals surface area contributed by atoms with Crippen LogP contribution in [-0.4, -0.2) is 5.91 Å². The molecule has 3 aliphatic rings. The summed E-state index contributed by atoms with van der Waals surface area (Å²) in [7, 11) is 0. The quantitative estimate of drug-likeness (QED) is 0.588. The van der Waals surface area contributed by atoms with Gasteiger partial charge in [-0.05, 0) is 66.8 Å². The Morgan fingerprint density at radius 2 is 1.93 bits per heavy atom. The van der Waals surface area contributed by atoms with Crippen LogP contribution in [0.5, 0.6) is 0 Å². The molecule has 2 fully saturated rings. The van der Waals surface area contributed by atoms with Crippen LogP contribution in [0.25, 0.3) is 0 Å². The van der Waals surface area contributed by atoms with Crippen LogP contribution in [0.1, 0.15) is 71.3 Å². The Morgan fingerprint density at radius 1 is 1.17 bits per heavy atom. The zero-order chi connectivity index (χ0) is 20.7. The van der Waals surface area contributed by atoms with E-state index in [4.69, 9.17) is 0 Å². The molecule has 2 saturated carbocycles. The van der Waals surface area contributed by atoms with Crippen LogP contribution in [0.2, 0.25) is 0 Å². The zero-order valence-electron chi connectivity index (χ0n) is 18.5. The molecule has 0 spiro atoms. The Labute approximate surface area is 176 Å². The third-order valence-corrected chi connectivity index (χ3v) is 8.64. The number of carbonyl (C=O) groups is 1. The number of benzene rings is 1. The molecule has 1 N–H and O–H groups in total. The van der Waals surface area contributed by atoms with Crippen LogP contribution in [0.4, 0.5) is 0 Å². The molecule has 156 valence electrons. The van der Waals surface area contributed by atoms with E-state index < -0.39 is 0 Å². The lowest BCUT2D eigenvalue weighted by Gasteiger charge is -2.58. The van der Waals surface area contributed by atoms with Gasteiger partial charge in [0.15, 0.2) is 0 Å². The third-order valence-electron chi connectivity index (χ3n) is 8.64. The highest BCUT2D eigenvalue weighted by atomic mass is 16.2. The van der Waals surface area contributed by atoms with E-state index in [1.165, 1.54) is 31.2 Å². The zero-order valence-corrected chi connectivity index (χ0v) is 18.5. The number of hydrogen-bond donors (Lipinski definition) is 1. The van der Waals surface area contributed by atoms with Gasteiger partial charge >= 0.3 is 0 Å². The molecule has 0 heterocycles. The van der Waals surface area contributed by atoms with Crippen molar-refractivity contribution in [1.82, 2.24) is 5.32 Å². The fourth-order valence-corrected chi connectivity index (χ4v) is 6.87. The SMILES string of the molecule is C=C[C@@]1(C)CC=C2[C@@H](CC[C@@H]3[C@](C)(C(=O)NCc4ccccc4)CCC[C@@]23C)C1. The number of allylic oxidation sites excluding steroid dienone is 3. The number of rotatable bonds is 4. The molecular weight excluding hydrogens is 354 g/mol. The van der Waals surface area contributed by atoms with Crippen molar-refractivity contribution in [2.75, 3.05) is 0 Å². The summed E-state index contributed by atoms with van der Waals surface area (Å²) in [5, 5.41) is 3.28. The van der Waals surface area contributed by atoms with Crippen molar-refractivity contribution in [3.05, 3.63) is 60.2 Å². The van der Waals surface area contributed by atoms with Gasteiger partial charge in [-0.2, -0.15) is 0 Å². The third kappa shape index (κ3) is 3.49. The molecule has 0 bridgehead atoms. The summed E-state index contributed by atoms with van der Waals surface area (Å²) >= 11 is 0. The molecule has 0 aliphatic heterocycles. The van der Waals surface area contributed by atoms with Crippen molar-refractivity contribution in [2.24, 2.45) is 28.1 Å². The molecule has 1 aromatic rings. The maximum absolute atomic E-state index is 13.5. The van der Waals surface area contributed by atoms with E-state index in [2.05, 4.69) is 57.0 Å². The second kappa shape index (κ2) is 7.45. The molecular formula is C27H37NO. The van der Waals surface area contributed by atoms with E-state index in [1.807, 2.05) is 18.2 Å². The van der Waals surface area contributed by atoms with E-state index in [1.54, 1.807) is 5.57 Å². The minimum atomic E-state index is -0.271. The van der Waals surface area contributed by atoms with E-state index in [0.717, 1.165) is 19.3 Å². The Kier molecular flexibility index (Phi) is 5.25. The molecule has 0 unspecified atom stereocenters. The molecule has 0 aromatic heterocycles. The summed E-state index contributed by atoms with van der Waals surface area (Å²) in [5.74, 6) is 1.36. The van der Waals surface area contributed by atoms with Gasteiger partial charge in [0, 0.05) is 6.54 Å². The van der Waals surface area contributed by atoms with Crippen molar-refractivity contribution in [3.8, 4) is 0 Å². The van der Waals surface area contributed by atoms with Gasteiger partial charge < -0.3 is 5.32 Å². The Balaban J connectivity index is 1.56. The number of carbonyl (C=O) groups excluding carboxylic acids is 1. The Hall–Kier alpha value is -1.83. The number of nitrogens with one attached hydrogen (secondary N) is 1. The highest BCUT2D eigenvalue weighted by Crippen LogP contribution is 2.63. The maximum Gasteiger partial charge on any atom is 0.226 e. The second-order valence-corrected chi connectivity index (χ2v) is 10.6. The standard InChI is InChI=1S/C27H37NO/c1-5-25(2)17-14-22-21(18-25)12-13-23-26(22,3)15-9-16-27(23,4)24(29)28-19-20-10-7-6-8-11-20/h5-8,10-11,14,21,23H,1,9,12-13,15-19H2,2-4H3,(H,28,29)/t21-,23-,25-,26-,27+/m0/s1. The maximum atomic E-state index is 13.5. The molecule has 1 aromatic carbocycles. The van der Waals surface area contributed by atoms with Gasteiger partial charge in [-0.15, -0.1) is 6.58 Å². The summed E-state index contributed by atoms with van der Waals surface area (Å²) in [6.07, 6.45) is 12.8. The van der Waals surface area contributed by atoms with Gasteiger partial charge in [0.05, 0.1) is 5.41 Å². The first kappa shape index (κ1) is 20.4. The van der Waals surface area contributed by atoms with Gasteiger partial charge in [0.25, 0.3) is 0 Å². The van der Waals surface area contributed by atoms with Crippen LogP contribution in [0, 0.1) is 28.1 Å². The van der Waals surface area contributed by atoms with Crippen LogP contribution in [-0.2, 0) is 11.3 Å². The summed E-state index contributed by atoms with van der Waals surface area (Å²) in [6, 6.07) is 10.3. The number of hydrogen-bond acceptors (Lipinski definition) is 1. The fraction of sp³-hybridized carbons (Fsp3) is 0.593. The topological polar surface area (TPSA) is 29.1 Å². The van der Waals surface area contributed by atoms with Gasteiger partial charge in [-0.1, -0.05) is 75.2 Å². The molecule has 1 amide bonds. The summed E-state index contributed by atoms with van der Waals surface area (Å²) in [4.78, 5) is 13.5. The number of fused-ring (bicyclic) bond motifs is 3. The van der Waals surface area contributed by atoms with Gasteiger partial charge in [-0.3, -0.25) is 4.79 Å². The smallest absolute Gasteiger partial charge is 0.226 e. The molecule has 5 atom stereocenters. The van der Waals surface area contributed by atoms with E-state index in [-0.39, 0.29) is 22.2 Å². The summed E-state index contributed by atoms with van der Waals surface area (Å²) in [6.45, 7) is 11.8. The molecule has 3 aliphatic carbocycles. The van der Waals surface area contributed by atoms with Gasteiger partial charge in [0.1, 0.15) is 0 Å². The average Bonchev–Trinajstić information content (AvgIpc) is 2.72. The molecule has 29 heavy (non-hydrogen) atoms. The average molecular weight is 392 g/mol. The van der Waals surface area contributed by atoms with Crippen molar-refractivity contribution in [1.29, 1.82) is 0 Å². The molecule has 0 radical (unpaired) electrons. The molecule has 4 rings (SSSR count). The van der Waals surface area contributed by atoms with E-state index in [0.29, 0.717) is 18.4 Å². The van der Waals surface area contributed by atoms with Crippen molar-refractivity contribution in [2.45, 2.75) is 72.3 Å². The fourth-order valence-electron chi connectivity index (χ4n) is 6.87. The summed E-state index contributed by atoms with van der Waals surface area (Å²) < 4.78 is 0. The Bertz CT molecular complexity index is 811. The number of amides is 1. The van der Waals surface area contributed by atoms with Crippen molar-refractivity contribution >= 4 is 5.91 Å². The second-order valence-electron chi connectivity index (χ2n) is 10.6. The first-order chi connectivity index (χ1) is 13.8. The van der Waals surface area contributed by atoms with Crippen LogP contribution >= 0.6 is 0 Å². The Morgan fingerprint density at radius 3 is 2.66 bits per heavy atom. The minimum absolute atomic E-state index is 0.169. The molecule has 2 heteroatoms. The van der Waals surface area contributed by atoms with Gasteiger partial charge in [-0.25, -0.2) is 0 Å². The minimum Gasteiger partial charge on any atom is -0.352 e. The predicted molar refractivity (Wildman–Crippen MR) is 120 cm³/mol. The first-order valence-corrected chi connectivity index (χ1v) is 11.5. The lowest BCUT2D eigenvalue weighted by atomic mass is 9.46. The lowest BCUT2D eigenvalue weighted by Crippen LogP contribution is -2.55. The largest absolute Gasteiger partial charge is 0.352 e. The molecule has 0 saturated heterocycles. The van der Waals surface area contributed by atoms with Crippen LogP contribution in [0.3, 0.4) is 0 Å². The van der Waals surface area contributed by atoms with E-state index in [9.17, 15) is 4.79 Å². The van der Waals surface area contributed by atoms with Crippen LogP contribution < -0.4 is 5.32 Å². The lowest BCUT2D eigenvalue weighted by molar-refractivity contribution is -0.142. The first-order valence-electron chi connectivity index (χ1n) is 11.5. The molecule has 2 nitrogen and oxygen atoms in total. The normalized spacial score (nSPS) is 38.9. The predicted octanol–water partition coefficient (Wildman–Crippen LogP) is 6.44.